The van der Waals surface area contributed by atoms with Gasteiger partial charge in [-0.25, -0.2) is 4.98 Å². The van der Waals surface area contributed by atoms with E-state index >= 15 is 0 Å². The molecule has 2 amide bonds. The number of alkyl halides is 2. The Morgan fingerprint density at radius 3 is 2.67 bits per heavy atom. The van der Waals surface area contributed by atoms with Crippen LogP contribution in [0.3, 0.4) is 0 Å². The van der Waals surface area contributed by atoms with Gasteiger partial charge < -0.3 is 30.5 Å². The Morgan fingerprint density at radius 2 is 2.00 bits per heavy atom. The molecule has 1 aromatic heterocycles. The first-order valence-corrected chi connectivity index (χ1v) is 12.0. The Kier molecular flexibility index (Phi) is 6.37. The van der Waals surface area contributed by atoms with Crippen LogP contribution < -0.4 is 30.5 Å². The van der Waals surface area contributed by atoms with Gasteiger partial charge in [-0.1, -0.05) is 12.8 Å². The average Bonchev–Trinajstić information content (AvgIpc) is 3.36. The van der Waals surface area contributed by atoms with Crippen LogP contribution >= 0.6 is 0 Å². The lowest BCUT2D eigenvalue weighted by molar-refractivity contribution is -0.140. The number of carbonyl (C=O) groups excluding carboxylic acids is 2. The number of methoxy groups -OCH3 is 1. The van der Waals surface area contributed by atoms with Crippen LogP contribution in [0.25, 0.3) is 0 Å². The molecule has 3 aliphatic rings. The van der Waals surface area contributed by atoms with Gasteiger partial charge in [0.05, 0.1) is 31.6 Å². The van der Waals surface area contributed by atoms with E-state index in [1.54, 1.807) is 23.1 Å². The summed E-state index contributed by atoms with van der Waals surface area (Å²) in [6.45, 7) is 0.749. The van der Waals surface area contributed by atoms with Crippen LogP contribution in [-0.4, -0.2) is 73.6 Å². The smallest absolute Gasteiger partial charge is 0.342 e. The molecule has 10 nitrogen and oxygen atoms in total. The molecule has 192 valence electrons. The van der Waals surface area contributed by atoms with Gasteiger partial charge in [0.2, 0.25) is 5.95 Å². The number of aromatic nitrogens is 2. The van der Waals surface area contributed by atoms with Crippen LogP contribution in [0, 0.1) is 0 Å². The Hall–Kier alpha value is -3.54. The van der Waals surface area contributed by atoms with E-state index in [9.17, 15) is 18.4 Å². The number of benzene rings is 1. The number of amides is 2. The normalized spacial score (nSPS) is 19.9. The summed E-state index contributed by atoms with van der Waals surface area (Å²) in [6.07, 6.45) is 4.78. The van der Waals surface area contributed by atoms with Crippen LogP contribution in [0.15, 0.2) is 24.4 Å². The minimum atomic E-state index is -3.54. The molecule has 0 unspecified atom stereocenters. The van der Waals surface area contributed by atoms with Crippen molar-refractivity contribution in [2.75, 3.05) is 48.9 Å². The second kappa shape index (κ2) is 9.49. The standard InChI is InChI=1S/C24H29F2N7O3/c1-32-18-12-28-23(31-20(18)33(16-5-3-4-6-16)13-24(25,26)22(32)35)30-17-8-7-14(9-19(17)36-2)21(34)29-15-10-27-11-15/h7-9,12,15-16,27H,3-6,10-11,13H2,1-2H3,(H,29,34)(H,28,30,31). The first kappa shape index (κ1) is 24.2. The fourth-order valence-corrected chi connectivity index (χ4v) is 4.82. The molecule has 5 rings (SSSR count). The molecule has 12 heteroatoms. The summed E-state index contributed by atoms with van der Waals surface area (Å²) in [7, 11) is 2.80. The summed E-state index contributed by atoms with van der Waals surface area (Å²) in [4.78, 5) is 36.3. The highest BCUT2D eigenvalue weighted by atomic mass is 19.3. The summed E-state index contributed by atoms with van der Waals surface area (Å²) in [5.41, 5.74) is 1.19. The number of anilines is 4. The highest BCUT2D eigenvalue weighted by molar-refractivity contribution is 6.02. The van der Waals surface area contributed by atoms with Crippen LogP contribution in [-0.2, 0) is 4.79 Å². The van der Waals surface area contributed by atoms with E-state index in [0.717, 1.165) is 43.7 Å². The number of nitrogens with zero attached hydrogens (tertiary/aromatic N) is 4. The zero-order valence-corrected chi connectivity index (χ0v) is 20.2. The first-order valence-electron chi connectivity index (χ1n) is 12.0. The van der Waals surface area contributed by atoms with Crippen LogP contribution in [0.5, 0.6) is 5.75 Å². The molecule has 36 heavy (non-hydrogen) atoms. The molecule has 1 aliphatic carbocycles. The van der Waals surface area contributed by atoms with Gasteiger partial charge in [-0.2, -0.15) is 13.8 Å². The van der Waals surface area contributed by atoms with Crippen LogP contribution in [0.4, 0.5) is 31.9 Å². The number of nitrogens with one attached hydrogen (secondary N) is 3. The summed E-state index contributed by atoms with van der Waals surface area (Å²) in [6, 6.07) is 4.93. The Labute approximate surface area is 207 Å². The fraction of sp³-hybridized carbons (Fsp3) is 0.500. The molecule has 1 aromatic carbocycles. The van der Waals surface area contributed by atoms with Crippen LogP contribution in [0.1, 0.15) is 36.0 Å². The number of carbonyl (C=O) groups is 2. The third kappa shape index (κ3) is 4.52. The van der Waals surface area contributed by atoms with Crippen molar-refractivity contribution in [3.05, 3.63) is 30.0 Å². The SMILES string of the molecule is COc1cc(C(=O)NC2CNC2)ccc1Nc1ncc2c(n1)N(C1CCCC1)CC(F)(F)C(=O)N2C. The molecule has 0 atom stereocenters. The Morgan fingerprint density at radius 1 is 1.25 bits per heavy atom. The van der Waals surface area contributed by atoms with Crippen molar-refractivity contribution in [1.82, 2.24) is 20.6 Å². The van der Waals surface area contributed by atoms with Crippen molar-refractivity contribution in [3.8, 4) is 5.75 Å². The highest BCUT2D eigenvalue weighted by Gasteiger charge is 2.48. The molecule has 0 radical (unpaired) electrons. The minimum Gasteiger partial charge on any atom is -0.495 e. The number of hydrogen-bond donors (Lipinski definition) is 3. The van der Waals surface area contributed by atoms with Gasteiger partial charge in [-0.15, -0.1) is 0 Å². The molecule has 3 heterocycles. The highest BCUT2D eigenvalue weighted by Crippen LogP contribution is 2.40. The molecule has 2 aliphatic heterocycles. The third-order valence-electron chi connectivity index (χ3n) is 6.96. The molecule has 2 aromatic rings. The van der Waals surface area contributed by atoms with Crippen molar-refractivity contribution in [1.29, 1.82) is 0 Å². The monoisotopic (exact) mass is 501 g/mol. The van der Waals surface area contributed by atoms with Crippen molar-refractivity contribution in [2.24, 2.45) is 0 Å². The lowest BCUT2D eigenvalue weighted by Crippen LogP contribution is -2.56. The molecule has 2 fully saturated rings. The number of ether oxygens (including phenoxy) is 1. The number of halogens is 2. The maximum absolute atomic E-state index is 14.8. The number of rotatable bonds is 6. The predicted octanol–water partition coefficient (Wildman–Crippen LogP) is 2.29. The number of hydrogen-bond acceptors (Lipinski definition) is 8. The third-order valence-corrected chi connectivity index (χ3v) is 6.96. The van der Waals surface area contributed by atoms with E-state index in [1.807, 2.05) is 0 Å². The van der Waals surface area contributed by atoms with Crippen LogP contribution in [0.2, 0.25) is 0 Å². The second-order valence-electron chi connectivity index (χ2n) is 9.41. The van der Waals surface area contributed by atoms with Gasteiger partial charge in [0.25, 0.3) is 11.8 Å². The number of fused-ring (bicyclic) bond motifs is 1. The molecule has 1 saturated carbocycles. The van der Waals surface area contributed by atoms with Crippen molar-refractivity contribution >= 4 is 35.0 Å². The van der Waals surface area contributed by atoms with E-state index in [4.69, 9.17) is 4.74 Å². The van der Waals surface area contributed by atoms with Crippen molar-refractivity contribution < 1.29 is 23.1 Å². The molecular formula is C24H29F2N7O3. The molecule has 1 saturated heterocycles. The van der Waals surface area contributed by atoms with E-state index in [1.165, 1.54) is 20.4 Å². The van der Waals surface area contributed by atoms with Gasteiger partial charge in [-0.3, -0.25) is 9.59 Å². The van der Waals surface area contributed by atoms with E-state index < -0.39 is 18.4 Å². The fourth-order valence-electron chi connectivity index (χ4n) is 4.82. The molecule has 0 bridgehead atoms. The van der Waals surface area contributed by atoms with Crippen molar-refractivity contribution in [3.63, 3.8) is 0 Å². The van der Waals surface area contributed by atoms with Gasteiger partial charge in [0, 0.05) is 31.7 Å². The van der Waals surface area contributed by atoms with Gasteiger partial charge >= 0.3 is 5.92 Å². The van der Waals surface area contributed by atoms with E-state index in [2.05, 4.69) is 25.9 Å². The minimum absolute atomic E-state index is 0.106. The first-order chi connectivity index (χ1) is 17.3. The lowest BCUT2D eigenvalue weighted by atomic mass is 10.1. The predicted molar refractivity (Wildman–Crippen MR) is 130 cm³/mol. The maximum Gasteiger partial charge on any atom is 0.342 e. The Bertz CT molecular complexity index is 1170. The molecule has 3 N–H and O–H groups in total. The zero-order chi connectivity index (χ0) is 25.4. The van der Waals surface area contributed by atoms with E-state index in [-0.39, 0.29) is 35.4 Å². The molecule has 0 spiro atoms. The second-order valence-corrected chi connectivity index (χ2v) is 9.41. The summed E-state index contributed by atoms with van der Waals surface area (Å²) in [5.74, 6) is -4.16. The zero-order valence-electron chi connectivity index (χ0n) is 20.2. The topological polar surface area (TPSA) is 112 Å². The van der Waals surface area contributed by atoms with Crippen molar-refractivity contribution in [2.45, 2.75) is 43.7 Å². The largest absolute Gasteiger partial charge is 0.495 e. The van der Waals surface area contributed by atoms with Gasteiger partial charge in [-0.05, 0) is 31.0 Å². The van der Waals surface area contributed by atoms with Gasteiger partial charge in [0.15, 0.2) is 5.82 Å². The lowest BCUT2D eigenvalue weighted by Gasteiger charge is -2.31. The van der Waals surface area contributed by atoms with E-state index in [0.29, 0.717) is 17.0 Å². The summed E-state index contributed by atoms with van der Waals surface area (Å²) in [5, 5.41) is 9.12. The average molecular weight is 502 g/mol. The summed E-state index contributed by atoms with van der Waals surface area (Å²) < 4.78 is 35.0. The maximum atomic E-state index is 14.8. The quantitative estimate of drug-likeness (QED) is 0.553. The molecular weight excluding hydrogens is 472 g/mol. The summed E-state index contributed by atoms with van der Waals surface area (Å²) >= 11 is 0. The van der Waals surface area contributed by atoms with Gasteiger partial charge in [0.1, 0.15) is 11.4 Å². The Balaban J connectivity index is 1.44.